The smallest absolute Gasteiger partial charge is 0.350 e. The summed E-state index contributed by atoms with van der Waals surface area (Å²) >= 11 is 1.18. The van der Waals surface area contributed by atoms with Crippen LogP contribution in [-0.2, 0) is 16.1 Å². The molecule has 0 N–H and O–H groups in total. The summed E-state index contributed by atoms with van der Waals surface area (Å²) in [7, 11) is 2.67. The van der Waals surface area contributed by atoms with Gasteiger partial charge in [0.05, 0.1) is 49.5 Å². The van der Waals surface area contributed by atoms with Crippen LogP contribution < -0.4 is 21.0 Å². The van der Waals surface area contributed by atoms with Gasteiger partial charge in [0.2, 0.25) is 0 Å². The Balaban J connectivity index is 2.20. The van der Waals surface area contributed by atoms with Crippen LogP contribution >= 0.6 is 11.3 Å². The Morgan fingerprint density at radius 3 is 2.70 bits per heavy atom. The van der Waals surface area contributed by atoms with Gasteiger partial charge in [-0.1, -0.05) is 5.16 Å². The fraction of sp³-hybridized carbons (Fsp3) is 0.385. The first kappa shape index (κ1) is 30.2. The largest absolute Gasteiger partial charge is 0.496 e. The lowest BCUT2D eigenvalue weighted by atomic mass is 10.1. The van der Waals surface area contributed by atoms with Crippen molar-refractivity contribution in [3.63, 3.8) is 0 Å². The third-order valence-electron chi connectivity index (χ3n) is 5.60. The topological polar surface area (TPSA) is 141 Å². The van der Waals surface area contributed by atoms with Gasteiger partial charge >= 0.3 is 5.69 Å². The van der Waals surface area contributed by atoms with E-state index in [1.165, 1.54) is 67.7 Å². The summed E-state index contributed by atoms with van der Waals surface area (Å²) in [6.45, 7) is 4.79. The number of amides is 1. The van der Waals surface area contributed by atoms with Gasteiger partial charge in [-0.3, -0.25) is 14.2 Å². The zero-order chi connectivity index (χ0) is 29.4. The van der Waals surface area contributed by atoms with Crippen molar-refractivity contribution in [1.82, 2.24) is 14.2 Å². The number of hydrogen-bond acceptors (Lipinski definition) is 10. The summed E-state index contributed by atoms with van der Waals surface area (Å²) in [5, 5.41) is 15.4. The fourth-order valence-electron chi connectivity index (χ4n) is 3.66. The van der Waals surface area contributed by atoms with Crippen LogP contribution in [0.3, 0.4) is 0 Å². The molecule has 0 fully saturated rings. The third-order valence-corrected chi connectivity index (χ3v) is 6.19. The predicted molar refractivity (Wildman–Crippen MR) is 146 cm³/mol. The minimum Gasteiger partial charge on any atom is -0.496 e. The number of methoxy groups -OCH3 is 1. The number of carbonyl (C=O) groups is 1. The lowest BCUT2D eigenvalue weighted by molar-refractivity contribution is 0.0410. The third kappa shape index (κ3) is 6.99. The minimum atomic E-state index is -0.973. The van der Waals surface area contributed by atoms with Crippen molar-refractivity contribution in [1.29, 1.82) is 5.26 Å². The Labute approximate surface area is 233 Å². The molecule has 0 aliphatic carbocycles. The van der Waals surface area contributed by atoms with Crippen molar-refractivity contribution in [2.24, 2.45) is 5.16 Å². The van der Waals surface area contributed by atoms with Gasteiger partial charge in [0.15, 0.2) is 0 Å². The van der Waals surface area contributed by atoms with Gasteiger partial charge in [-0.05, 0) is 39.0 Å². The highest BCUT2D eigenvalue weighted by Crippen LogP contribution is 2.30. The predicted octanol–water partition coefficient (Wildman–Crippen LogP) is 2.84. The van der Waals surface area contributed by atoms with Crippen molar-refractivity contribution < 1.29 is 23.5 Å². The van der Waals surface area contributed by atoms with E-state index >= 15 is 0 Å². The highest BCUT2D eigenvalue weighted by atomic mass is 32.1. The highest BCUT2D eigenvalue weighted by Gasteiger charge is 2.25. The van der Waals surface area contributed by atoms with Crippen molar-refractivity contribution in [3.8, 4) is 11.8 Å². The first-order chi connectivity index (χ1) is 19.1. The van der Waals surface area contributed by atoms with E-state index < -0.39 is 29.1 Å². The van der Waals surface area contributed by atoms with Crippen LogP contribution in [0.15, 0.2) is 50.0 Å². The monoisotopic (exact) mass is 572 g/mol. The molecule has 1 unspecified atom stereocenters. The second-order valence-corrected chi connectivity index (χ2v) is 9.50. The molecule has 2 heterocycles. The molecule has 0 aliphatic rings. The molecular formula is C26H29FN6O6S. The molecule has 14 heteroatoms. The molecule has 1 aromatic carbocycles. The van der Waals surface area contributed by atoms with Gasteiger partial charge in [-0.15, -0.1) is 11.3 Å². The second kappa shape index (κ2) is 13.6. The Kier molecular flexibility index (Phi) is 10.3. The Morgan fingerprint density at radius 1 is 1.32 bits per heavy atom. The van der Waals surface area contributed by atoms with Crippen LogP contribution in [-0.4, -0.2) is 52.7 Å². The molecule has 0 bridgehead atoms. The normalized spacial score (nSPS) is 12.2. The van der Waals surface area contributed by atoms with E-state index in [0.29, 0.717) is 10.4 Å². The van der Waals surface area contributed by atoms with Crippen LogP contribution in [0.4, 0.5) is 4.39 Å². The summed E-state index contributed by atoms with van der Waals surface area (Å²) < 4.78 is 27.3. The summed E-state index contributed by atoms with van der Waals surface area (Å²) in [6.07, 6.45) is 0.0587. The van der Waals surface area contributed by atoms with E-state index in [1.54, 1.807) is 13.8 Å². The highest BCUT2D eigenvalue weighted by molar-refractivity contribution is 7.07. The average Bonchev–Trinajstić information content (AvgIpc) is 3.47. The van der Waals surface area contributed by atoms with Crippen molar-refractivity contribution in [2.75, 3.05) is 25.8 Å². The lowest BCUT2D eigenvalue weighted by Crippen LogP contribution is -2.54. The number of halogens is 1. The van der Waals surface area contributed by atoms with Crippen molar-refractivity contribution in [3.05, 3.63) is 78.8 Å². The zero-order valence-electron chi connectivity index (χ0n) is 22.7. The number of thiazole rings is 1. The molecule has 3 rings (SSSR count). The first-order valence-electron chi connectivity index (χ1n) is 12.1. The number of nitrogens with zero attached hydrogens (tertiary/aromatic N) is 6. The minimum absolute atomic E-state index is 0.0208. The molecule has 40 heavy (non-hydrogen) atoms. The zero-order valence-corrected chi connectivity index (χ0v) is 23.5. The number of carbonyl (C=O) groups excluding carboxylic acids is 1. The molecule has 0 spiro atoms. The molecule has 0 aliphatic heterocycles. The first-order valence-corrected chi connectivity index (χ1v) is 13.1. The number of nitriles is 1. The molecule has 0 saturated carbocycles. The Hall–Kier alpha value is -4.35. The molecule has 1 amide bonds. The summed E-state index contributed by atoms with van der Waals surface area (Å²) in [6, 6.07) is 5.81. The Bertz CT molecular complexity index is 1530. The maximum absolute atomic E-state index is 14.3. The number of ether oxygens (including phenoxy) is 2. The number of oxime groups is 1. The fourth-order valence-corrected chi connectivity index (χ4v) is 4.19. The second-order valence-electron chi connectivity index (χ2n) is 8.78. The van der Waals surface area contributed by atoms with E-state index in [9.17, 15) is 18.8 Å². The van der Waals surface area contributed by atoms with E-state index in [1.807, 2.05) is 6.07 Å². The van der Waals surface area contributed by atoms with Crippen LogP contribution in [0.2, 0.25) is 0 Å². The Morgan fingerprint density at radius 2 is 2.08 bits per heavy atom. The summed E-state index contributed by atoms with van der Waals surface area (Å²) in [5.74, 6) is -0.959. The van der Waals surface area contributed by atoms with Crippen molar-refractivity contribution >= 4 is 23.0 Å². The molecule has 0 radical (unpaired) electrons. The van der Waals surface area contributed by atoms with Crippen LogP contribution in [0.1, 0.15) is 54.9 Å². The molecule has 12 nitrogen and oxygen atoms in total. The maximum Gasteiger partial charge on any atom is 0.350 e. The van der Waals surface area contributed by atoms with Crippen LogP contribution in [0.5, 0.6) is 5.75 Å². The molecule has 212 valence electrons. The number of benzene rings is 1. The van der Waals surface area contributed by atoms with Crippen LogP contribution in [0, 0.1) is 17.1 Å². The summed E-state index contributed by atoms with van der Waals surface area (Å²) in [5.41, 5.74) is 0.223. The van der Waals surface area contributed by atoms with E-state index in [-0.39, 0.29) is 48.2 Å². The quantitative estimate of drug-likeness (QED) is 0.183. The SMILES string of the molecule is COc1ccc(F)cc1C(Cn1cc(/C(C)=N/OC(C)C)c(=O)n(N(C)C(=O)c2cscn2)c1=O)OCCC#N. The van der Waals surface area contributed by atoms with E-state index in [0.717, 1.165) is 9.58 Å². The standard InChI is InChI=1S/C26H29FN6O6S/c1-16(2)39-30-17(3)20-12-32(26(36)33(24(20)34)31(4)25(35)21-14-40-15-29-21)13-23(38-10-6-9-28)19-11-18(27)7-8-22(19)37-5/h7-8,11-12,14-16,23H,6,10,13H2,1-5H3/b30-17+. The van der Waals surface area contributed by atoms with Gasteiger partial charge in [0, 0.05) is 24.2 Å². The lowest BCUT2D eigenvalue weighted by Gasteiger charge is -2.24. The van der Waals surface area contributed by atoms with Crippen molar-refractivity contribution in [2.45, 2.75) is 45.9 Å². The molecule has 1 atom stereocenters. The van der Waals surface area contributed by atoms with E-state index in [4.69, 9.17) is 19.6 Å². The maximum atomic E-state index is 14.3. The number of aromatic nitrogens is 3. The van der Waals surface area contributed by atoms with Gasteiger partial charge in [0.1, 0.15) is 29.5 Å². The number of rotatable bonds is 12. The molecule has 3 aromatic rings. The van der Waals surface area contributed by atoms with Crippen LogP contribution in [0.25, 0.3) is 0 Å². The van der Waals surface area contributed by atoms with Gasteiger partial charge in [-0.25, -0.2) is 19.2 Å². The number of hydrogen-bond donors (Lipinski definition) is 0. The molecular weight excluding hydrogens is 543 g/mol. The van der Waals surface area contributed by atoms with Gasteiger partial charge < -0.3 is 14.3 Å². The average molecular weight is 573 g/mol. The molecule has 0 saturated heterocycles. The van der Waals surface area contributed by atoms with Gasteiger partial charge in [0.25, 0.3) is 11.5 Å². The van der Waals surface area contributed by atoms with E-state index in [2.05, 4.69) is 10.1 Å². The molecule has 2 aromatic heterocycles. The van der Waals surface area contributed by atoms with Gasteiger partial charge in [-0.2, -0.15) is 9.94 Å². The summed E-state index contributed by atoms with van der Waals surface area (Å²) in [4.78, 5) is 49.5.